The number of carbonyl (C=O) groups excluding carboxylic acids is 3. The molecule has 2 aliphatic rings. The predicted octanol–water partition coefficient (Wildman–Crippen LogP) is 3.41. The number of rotatable bonds is 4. The van der Waals surface area contributed by atoms with Gasteiger partial charge in [0.1, 0.15) is 5.82 Å². The van der Waals surface area contributed by atoms with Crippen molar-refractivity contribution in [2.75, 3.05) is 12.0 Å². The minimum atomic E-state index is -1.54. The van der Waals surface area contributed by atoms with Crippen molar-refractivity contribution in [2.24, 2.45) is 11.8 Å². The summed E-state index contributed by atoms with van der Waals surface area (Å²) in [5.41, 5.74) is -0.729. The second-order valence-corrected chi connectivity index (χ2v) is 8.77. The van der Waals surface area contributed by atoms with E-state index < -0.39 is 47.0 Å². The van der Waals surface area contributed by atoms with E-state index in [0.717, 1.165) is 9.78 Å². The van der Waals surface area contributed by atoms with Crippen molar-refractivity contribution in [1.82, 2.24) is 5.32 Å². The summed E-state index contributed by atoms with van der Waals surface area (Å²) in [7, 11) is 1.27. The van der Waals surface area contributed by atoms with E-state index in [2.05, 4.69) is 5.32 Å². The number of nitrogens with zero attached hydrogens (tertiary/aromatic N) is 1. The highest BCUT2D eigenvalue weighted by Crippen LogP contribution is 2.54. The Kier molecular flexibility index (Phi) is 4.91. The number of imide groups is 1. The maximum atomic E-state index is 13.8. The Labute approximate surface area is 187 Å². The zero-order valence-corrected chi connectivity index (χ0v) is 17.8. The predicted molar refractivity (Wildman–Crippen MR) is 116 cm³/mol. The fourth-order valence-electron chi connectivity index (χ4n) is 4.90. The normalized spacial score (nSPS) is 26.9. The second kappa shape index (κ2) is 7.65. The number of esters is 1. The molecule has 0 aliphatic carbocycles. The van der Waals surface area contributed by atoms with Gasteiger partial charge in [0.15, 0.2) is 5.54 Å². The molecular weight excluding hydrogens is 431 g/mol. The molecule has 2 amide bonds. The molecule has 0 bridgehead atoms. The Morgan fingerprint density at radius 1 is 1.03 bits per heavy atom. The molecule has 5 rings (SSSR count). The van der Waals surface area contributed by atoms with Gasteiger partial charge in [0.2, 0.25) is 11.8 Å². The molecule has 3 aromatic rings. The average Bonchev–Trinajstić information content (AvgIpc) is 3.52. The third-order valence-electron chi connectivity index (χ3n) is 6.23. The van der Waals surface area contributed by atoms with E-state index >= 15 is 0 Å². The number of fused-ring (bicyclic) bond motifs is 1. The molecular formula is C24H19FN2O4S. The first-order chi connectivity index (χ1) is 15.5. The Morgan fingerprint density at radius 3 is 2.38 bits per heavy atom. The molecule has 0 radical (unpaired) electrons. The van der Waals surface area contributed by atoms with Gasteiger partial charge in [-0.25, -0.2) is 14.1 Å². The van der Waals surface area contributed by atoms with Crippen molar-refractivity contribution in [3.8, 4) is 0 Å². The van der Waals surface area contributed by atoms with E-state index in [9.17, 15) is 18.8 Å². The summed E-state index contributed by atoms with van der Waals surface area (Å²) in [4.78, 5) is 42.6. The highest BCUT2D eigenvalue weighted by atomic mass is 32.1. The number of ether oxygens (including phenoxy) is 1. The maximum Gasteiger partial charge on any atom is 0.331 e. The molecule has 0 saturated carbocycles. The first-order valence-electron chi connectivity index (χ1n) is 10.1. The van der Waals surface area contributed by atoms with Gasteiger partial charge in [0.05, 0.1) is 30.7 Å². The number of benzene rings is 2. The number of carbonyl (C=O) groups is 3. The van der Waals surface area contributed by atoms with E-state index in [1.54, 1.807) is 24.3 Å². The van der Waals surface area contributed by atoms with Gasteiger partial charge in [-0.1, -0.05) is 36.4 Å². The lowest BCUT2D eigenvalue weighted by molar-refractivity contribution is -0.152. The average molecular weight is 450 g/mol. The quantitative estimate of drug-likeness (QED) is 0.487. The molecule has 0 spiro atoms. The van der Waals surface area contributed by atoms with E-state index in [1.807, 2.05) is 23.6 Å². The van der Waals surface area contributed by atoms with E-state index in [-0.39, 0.29) is 5.69 Å². The highest BCUT2D eigenvalue weighted by Gasteiger charge is 2.69. The maximum absolute atomic E-state index is 13.8. The fourth-order valence-corrected chi connectivity index (χ4v) is 5.72. The highest BCUT2D eigenvalue weighted by molar-refractivity contribution is 7.10. The van der Waals surface area contributed by atoms with Crippen molar-refractivity contribution in [3.05, 3.63) is 88.4 Å². The Bertz CT molecular complexity index is 1180. The second-order valence-electron chi connectivity index (χ2n) is 7.79. The van der Waals surface area contributed by atoms with Crippen LogP contribution in [0.25, 0.3) is 0 Å². The molecule has 0 unspecified atom stereocenters. The van der Waals surface area contributed by atoms with Crippen molar-refractivity contribution in [2.45, 2.75) is 11.6 Å². The Balaban J connectivity index is 1.71. The standard InChI is InChI=1S/C24H19FN2O4S/c1-31-23(30)24(14-6-3-2-4-7-14)19-18(20(26-24)17-8-5-13-32-17)21(28)27(22(19)29)16-11-9-15(25)10-12-16/h2-13,18-20,26H,1H3/t18-,19+,20-,24+/m0/s1. The molecule has 2 fully saturated rings. The summed E-state index contributed by atoms with van der Waals surface area (Å²) in [6.07, 6.45) is 0. The number of methoxy groups -OCH3 is 1. The number of nitrogens with one attached hydrogen (secondary N) is 1. The molecule has 4 atom stereocenters. The van der Waals surface area contributed by atoms with Crippen LogP contribution < -0.4 is 10.2 Å². The van der Waals surface area contributed by atoms with Crippen LogP contribution in [0, 0.1) is 17.7 Å². The molecule has 3 heterocycles. The lowest BCUT2D eigenvalue weighted by atomic mass is 9.75. The molecule has 1 aromatic heterocycles. The Morgan fingerprint density at radius 2 is 1.75 bits per heavy atom. The first-order valence-corrected chi connectivity index (χ1v) is 11.0. The van der Waals surface area contributed by atoms with Crippen molar-refractivity contribution in [1.29, 1.82) is 0 Å². The first kappa shape index (κ1) is 20.5. The number of thiophene rings is 1. The van der Waals surface area contributed by atoms with Crippen LogP contribution in [-0.2, 0) is 24.7 Å². The lowest BCUT2D eigenvalue weighted by Crippen LogP contribution is -2.53. The van der Waals surface area contributed by atoms with Crippen molar-refractivity contribution in [3.63, 3.8) is 0 Å². The zero-order chi connectivity index (χ0) is 22.5. The van der Waals surface area contributed by atoms with Crippen LogP contribution >= 0.6 is 11.3 Å². The topological polar surface area (TPSA) is 75.7 Å². The monoisotopic (exact) mass is 450 g/mol. The molecule has 32 heavy (non-hydrogen) atoms. The van der Waals surface area contributed by atoms with Gasteiger partial charge in [0, 0.05) is 4.88 Å². The van der Waals surface area contributed by atoms with Crippen LogP contribution in [0.1, 0.15) is 16.5 Å². The summed E-state index contributed by atoms with van der Waals surface area (Å²) in [6, 6.07) is 17.2. The zero-order valence-electron chi connectivity index (χ0n) is 17.0. The third-order valence-corrected chi connectivity index (χ3v) is 7.19. The summed E-state index contributed by atoms with van der Waals surface area (Å²) < 4.78 is 18.7. The smallest absolute Gasteiger partial charge is 0.331 e. The molecule has 162 valence electrons. The third kappa shape index (κ3) is 2.83. The minimum absolute atomic E-state index is 0.271. The van der Waals surface area contributed by atoms with Crippen LogP contribution in [-0.4, -0.2) is 24.9 Å². The van der Waals surface area contributed by atoms with Crippen molar-refractivity contribution >= 4 is 34.8 Å². The fraction of sp³-hybridized carbons (Fsp3) is 0.208. The molecule has 6 nitrogen and oxygen atoms in total. The van der Waals surface area contributed by atoms with Crippen LogP contribution in [0.15, 0.2) is 72.1 Å². The van der Waals surface area contributed by atoms with Gasteiger partial charge in [-0.3, -0.25) is 14.9 Å². The van der Waals surface area contributed by atoms with Gasteiger partial charge < -0.3 is 4.74 Å². The summed E-state index contributed by atoms with van der Waals surface area (Å²) in [6.45, 7) is 0. The van der Waals surface area contributed by atoms with Gasteiger partial charge >= 0.3 is 5.97 Å². The summed E-state index contributed by atoms with van der Waals surface area (Å²) in [5.74, 6) is -3.92. The van der Waals surface area contributed by atoms with Crippen molar-refractivity contribution < 1.29 is 23.5 Å². The summed E-state index contributed by atoms with van der Waals surface area (Å²) in [5, 5.41) is 5.21. The number of hydrogen-bond acceptors (Lipinski definition) is 6. The Hall–Kier alpha value is -3.36. The molecule has 2 aromatic carbocycles. The molecule has 1 N–H and O–H groups in total. The number of hydrogen-bond donors (Lipinski definition) is 1. The number of halogens is 1. The van der Waals surface area contributed by atoms with E-state index in [4.69, 9.17) is 4.74 Å². The summed E-state index contributed by atoms with van der Waals surface area (Å²) >= 11 is 1.44. The van der Waals surface area contributed by atoms with E-state index in [1.165, 1.54) is 42.7 Å². The van der Waals surface area contributed by atoms with Crippen LogP contribution in [0.3, 0.4) is 0 Å². The van der Waals surface area contributed by atoms with Crippen LogP contribution in [0.2, 0.25) is 0 Å². The molecule has 2 aliphatic heterocycles. The SMILES string of the molecule is COC(=O)[C@]1(c2ccccc2)N[C@@H](c2cccs2)[C@H]2C(=O)N(c3ccc(F)cc3)C(=O)[C@@H]21. The van der Waals surface area contributed by atoms with Gasteiger partial charge in [0.25, 0.3) is 0 Å². The lowest BCUT2D eigenvalue weighted by Gasteiger charge is -2.32. The number of amides is 2. The van der Waals surface area contributed by atoms with Crippen LogP contribution in [0.4, 0.5) is 10.1 Å². The van der Waals surface area contributed by atoms with E-state index in [0.29, 0.717) is 5.56 Å². The molecule has 2 saturated heterocycles. The van der Waals surface area contributed by atoms with Crippen LogP contribution in [0.5, 0.6) is 0 Å². The molecule has 8 heteroatoms. The largest absolute Gasteiger partial charge is 0.467 e. The van der Waals surface area contributed by atoms with Gasteiger partial charge in [-0.15, -0.1) is 11.3 Å². The van der Waals surface area contributed by atoms with Gasteiger partial charge in [-0.2, -0.15) is 0 Å². The minimum Gasteiger partial charge on any atom is -0.467 e. The number of anilines is 1. The van der Waals surface area contributed by atoms with Gasteiger partial charge in [-0.05, 0) is 41.3 Å².